The Kier molecular flexibility index (Phi) is 3.87. The minimum Gasteiger partial charge on any atom is -0.397 e. The van der Waals surface area contributed by atoms with Crippen molar-refractivity contribution in [1.82, 2.24) is 4.98 Å². The zero-order valence-corrected chi connectivity index (χ0v) is 12.1. The van der Waals surface area contributed by atoms with E-state index >= 15 is 0 Å². The predicted molar refractivity (Wildman–Crippen MR) is 80.2 cm³/mol. The van der Waals surface area contributed by atoms with Gasteiger partial charge in [-0.1, -0.05) is 18.2 Å². The van der Waals surface area contributed by atoms with Crippen molar-refractivity contribution < 1.29 is 0 Å². The van der Waals surface area contributed by atoms with Crippen molar-refractivity contribution in [3.8, 4) is 0 Å². The van der Waals surface area contributed by atoms with Gasteiger partial charge in [0, 0.05) is 12.2 Å². The second-order valence-electron chi connectivity index (χ2n) is 4.06. The quantitative estimate of drug-likeness (QED) is 0.935. The van der Waals surface area contributed by atoms with Crippen LogP contribution in [0.15, 0.2) is 41.0 Å². The van der Waals surface area contributed by atoms with Crippen LogP contribution in [0, 0.1) is 6.92 Å². The van der Waals surface area contributed by atoms with Crippen LogP contribution in [0.5, 0.6) is 0 Å². The van der Waals surface area contributed by atoms with Gasteiger partial charge in [-0.05, 0) is 47.5 Å². The second kappa shape index (κ2) is 5.40. The summed E-state index contributed by atoms with van der Waals surface area (Å²) in [5, 5.41) is 0. The van der Waals surface area contributed by atoms with E-state index in [1.165, 1.54) is 0 Å². The van der Waals surface area contributed by atoms with E-state index in [1.54, 1.807) is 6.20 Å². The third-order valence-electron chi connectivity index (χ3n) is 2.92. The average Bonchev–Trinajstić information content (AvgIpc) is 2.41. The van der Waals surface area contributed by atoms with Crippen LogP contribution in [0.4, 0.5) is 17.2 Å². The molecule has 4 heteroatoms. The summed E-state index contributed by atoms with van der Waals surface area (Å²) in [5.74, 6) is 0.899. The topological polar surface area (TPSA) is 42.2 Å². The number of rotatable bonds is 3. The Morgan fingerprint density at radius 2 is 1.94 bits per heavy atom. The number of anilines is 3. The van der Waals surface area contributed by atoms with Crippen LogP contribution in [-0.2, 0) is 0 Å². The SMILES string of the molecule is CCN(c1ccccc1)c1ncc(N)c(C)c1Br. The number of hydrogen-bond acceptors (Lipinski definition) is 3. The molecule has 0 fully saturated rings. The summed E-state index contributed by atoms with van der Waals surface area (Å²) in [4.78, 5) is 6.59. The summed E-state index contributed by atoms with van der Waals surface area (Å²) in [6.45, 7) is 4.94. The summed E-state index contributed by atoms with van der Waals surface area (Å²) in [6.07, 6.45) is 1.71. The summed E-state index contributed by atoms with van der Waals surface area (Å²) in [6, 6.07) is 10.2. The minimum atomic E-state index is 0.703. The molecule has 0 aliphatic heterocycles. The maximum absolute atomic E-state index is 5.86. The van der Waals surface area contributed by atoms with Crippen molar-refractivity contribution in [3.05, 3.63) is 46.6 Å². The molecule has 0 unspecified atom stereocenters. The van der Waals surface area contributed by atoms with Gasteiger partial charge in [-0.3, -0.25) is 0 Å². The molecule has 0 saturated carbocycles. The zero-order valence-electron chi connectivity index (χ0n) is 10.5. The summed E-state index contributed by atoms with van der Waals surface area (Å²) < 4.78 is 0.952. The molecule has 1 aromatic heterocycles. The van der Waals surface area contributed by atoms with Crippen LogP contribution >= 0.6 is 15.9 Å². The van der Waals surface area contributed by atoms with Crippen LogP contribution in [0.1, 0.15) is 12.5 Å². The van der Waals surface area contributed by atoms with Gasteiger partial charge in [0.2, 0.25) is 0 Å². The lowest BCUT2D eigenvalue weighted by Gasteiger charge is -2.24. The van der Waals surface area contributed by atoms with Gasteiger partial charge in [0.25, 0.3) is 0 Å². The van der Waals surface area contributed by atoms with E-state index < -0.39 is 0 Å². The maximum Gasteiger partial charge on any atom is 0.147 e. The number of benzene rings is 1. The smallest absolute Gasteiger partial charge is 0.147 e. The maximum atomic E-state index is 5.86. The molecule has 1 aromatic carbocycles. The number of hydrogen-bond donors (Lipinski definition) is 1. The first kappa shape index (κ1) is 12.9. The zero-order chi connectivity index (χ0) is 13.1. The lowest BCUT2D eigenvalue weighted by Crippen LogP contribution is -2.18. The lowest BCUT2D eigenvalue weighted by molar-refractivity contribution is 0.982. The molecule has 94 valence electrons. The Balaban J connectivity index is 2.50. The fourth-order valence-corrected chi connectivity index (χ4v) is 2.37. The van der Waals surface area contributed by atoms with Gasteiger partial charge in [-0.2, -0.15) is 0 Å². The van der Waals surface area contributed by atoms with E-state index in [-0.39, 0.29) is 0 Å². The molecule has 0 bridgehead atoms. The Labute approximate surface area is 116 Å². The molecule has 2 N–H and O–H groups in total. The normalized spacial score (nSPS) is 10.4. The monoisotopic (exact) mass is 305 g/mol. The predicted octanol–water partition coefficient (Wildman–Crippen LogP) is 3.89. The first-order chi connectivity index (χ1) is 8.65. The Hall–Kier alpha value is -1.55. The Morgan fingerprint density at radius 1 is 1.28 bits per heavy atom. The van der Waals surface area contributed by atoms with Crippen LogP contribution in [0.3, 0.4) is 0 Å². The largest absolute Gasteiger partial charge is 0.397 e. The molecule has 0 aliphatic carbocycles. The third-order valence-corrected chi connectivity index (χ3v) is 3.87. The molecular weight excluding hydrogens is 290 g/mol. The van der Waals surface area contributed by atoms with Crippen molar-refractivity contribution in [1.29, 1.82) is 0 Å². The minimum absolute atomic E-state index is 0.703. The summed E-state index contributed by atoms with van der Waals surface area (Å²) in [7, 11) is 0. The first-order valence-electron chi connectivity index (χ1n) is 5.88. The molecule has 18 heavy (non-hydrogen) atoms. The summed E-state index contributed by atoms with van der Waals surface area (Å²) in [5.41, 5.74) is 8.71. The molecule has 0 amide bonds. The van der Waals surface area contributed by atoms with E-state index in [0.29, 0.717) is 5.69 Å². The number of nitrogens with two attached hydrogens (primary N) is 1. The summed E-state index contributed by atoms with van der Waals surface area (Å²) >= 11 is 3.59. The molecule has 0 spiro atoms. The highest BCUT2D eigenvalue weighted by molar-refractivity contribution is 9.10. The highest BCUT2D eigenvalue weighted by Crippen LogP contribution is 2.34. The molecule has 1 heterocycles. The van der Waals surface area contributed by atoms with Crippen LogP contribution in [0.25, 0.3) is 0 Å². The number of pyridine rings is 1. The van der Waals surface area contributed by atoms with Gasteiger partial charge in [-0.25, -0.2) is 4.98 Å². The van der Waals surface area contributed by atoms with Crippen LogP contribution in [-0.4, -0.2) is 11.5 Å². The van der Waals surface area contributed by atoms with Gasteiger partial charge in [-0.15, -0.1) is 0 Å². The number of nitrogen functional groups attached to an aromatic ring is 1. The lowest BCUT2D eigenvalue weighted by atomic mass is 10.2. The van der Waals surface area contributed by atoms with E-state index in [0.717, 1.165) is 28.1 Å². The van der Waals surface area contributed by atoms with Gasteiger partial charge >= 0.3 is 0 Å². The van der Waals surface area contributed by atoms with Gasteiger partial charge in [0.05, 0.1) is 16.4 Å². The van der Waals surface area contributed by atoms with Crippen molar-refractivity contribution >= 4 is 33.1 Å². The Bertz CT molecular complexity index is 540. The van der Waals surface area contributed by atoms with Gasteiger partial charge < -0.3 is 10.6 Å². The van der Waals surface area contributed by atoms with E-state index in [1.807, 2.05) is 25.1 Å². The van der Waals surface area contributed by atoms with Gasteiger partial charge in [0.1, 0.15) is 5.82 Å². The number of halogens is 1. The molecule has 2 aromatic rings. The standard InChI is InChI=1S/C14H16BrN3/c1-3-18(11-7-5-4-6-8-11)14-13(15)10(2)12(16)9-17-14/h4-9H,3,16H2,1-2H3. The molecule has 0 saturated heterocycles. The molecule has 3 nitrogen and oxygen atoms in total. The number of nitrogens with zero attached hydrogens (tertiary/aromatic N) is 2. The third kappa shape index (κ3) is 2.34. The number of aromatic nitrogens is 1. The Morgan fingerprint density at radius 3 is 2.56 bits per heavy atom. The van der Waals surface area contributed by atoms with Crippen molar-refractivity contribution in [3.63, 3.8) is 0 Å². The molecular formula is C14H16BrN3. The second-order valence-corrected chi connectivity index (χ2v) is 4.85. The fourth-order valence-electron chi connectivity index (χ4n) is 1.83. The van der Waals surface area contributed by atoms with Crippen LogP contribution < -0.4 is 10.6 Å². The highest BCUT2D eigenvalue weighted by Gasteiger charge is 2.14. The van der Waals surface area contributed by atoms with E-state index in [9.17, 15) is 0 Å². The van der Waals surface area contributed by atoms with Crippen molar-refractivity contribution in [2.24, 2.45) is 0 Å². The van der Waals surface area contributed by atoms with E-state index in [4.69, 9.17) is 5.73 Å². The van der Waals surface area contributed by atoms with E-state index in [2.05, 4.69) is 44.9 Å². The molecule has 0 radical (unpaired) electrons. The fraction of sp³-hybridized carbons (Fsp3) is 0.214. The molecule has 0 atom stereocenters. The van der Waals surface area contributed by atoms with Crippen LogP contribution in [0.2, 0.25) is 0 Å². The first-order valence-corrected chi connectivity index (χ1v) is 6.67. The van der Waals surface area contributed by atoms with Gasteiger partial charge in [0.15, 0.2) is 0 Å². The highest BCUT2D eigenvalue weighted by atomic mass is 79.9. The molecule has 0 aliphatic rings. The molecule has 2 rings (SSSR count). The number of para-hydroxylation sites is 1. The van der Waals surface area contributed by atoms with Crippen molar-refractivity contribution in [2.75, 3.05) is 17.2 Å². The average molecular weight is 306 g/mol. The van der Waals surface area contributed by atoms with Crippen molar-refractivity contribution in [2.45, 2.75) is 13.8 Å².